The molecule has 4 heteroatoms. The average molecular weight is 176 g/mol. The number of benzene rings is 1. The van der Waals surface area contributed by atoms with E-state index >= 15 is 0 Å². The third kappa shape index (κ3) is 1.12. The van der Waals surface area contributed by atoms with E-state index < -0.39 is 5.91 Å². The molecule has 0 atom stereocenters. The fraction of sp³-hybridized carbons (Fsp3) is 0. The molecule has 1 aromatic heterocycles. The van der Waals surface area contributed by atoms with Gasteiger partial charge in [0.05, 0.1) is 0 Å². The van der Waals surface area contributed by atoms with Crippen LogP contribution < -0.4 is 5.73 Å². The molecule has 2 aromatic rings. The van der Waals surface area contributed by atoms with E-state index in [4.69, 9.17) is 10.8 Å². The Morgan fingerprint density at radius 2 is 2.23 bits per heavy atom. The Bertz CT molecular complexity index is 473. The minimum atomic E-state index is -0.496. The van der Waals surface area contributed by atoms with Crippen LogP contribution in [-0.4, -0.2) is 16.0 Å². The summed E-state index contributed by atoms with van der Waals surface area (Å²) in [6, 6.07) is 6.58. The molecule has 13 heavy (non-hydrogen) atoms. The highest BCUT2D eigenvalue weighted by atomic mass is 16.3. The normalized spacial score (nSPS) is 10.5. The molecule has 1 heterocycles. The number of hydrogen-bond donors (Lipinski definition) is 3. The van der Waals surface area contributed by atoms with Crippen LogP contribution >= 0.6 is 0 Å². The number of aromatic amines is 1. The second kappa shape index (κ2) is 2.52. The van der Waals surface area contributed by atoms with E-state index in [-0.39, 0.29) is 5.88 Å². The van der Waals surface area contributed by atoms with Crippen molar-refractivity contribution in [2.75, 3.05) is 0 Å². The molecule has 0 aliphatic carbocycles. The van der Waals surface area contributed by atoms with Crippen LogP contribution in [-0.2, 0) is 0 Å². The van der Waals surface area contributed by atoms with Crippen LogP contribution in [0.3, 0.4) is 0 Å². The van der Waals surface area contributed by atoms with Crippen molar-refractivity contribution in [2.24, 2.45) is 5.73 Å². The largest absolute Gasteiger partial charge is 0.495 e. The molecular weight excluding hydrogens is 168 g/mol. The van der Waals surface area contributed by atoms with Gasteiger partial charge in [-0.3, -0.25) is 4.79 Å². The lowest BCUT2D eigenvalue weighted by Crippen LogP contribution is -2.10. The molecule has 0 aliphatic heterocycles. The maximum atomic E-state index is 11.0. The molecule has 0 radical (unpaired) electrons. The first-order valence-electron chi connectivity index (χ1n) is 3.79. The Morgan fingerprint density at radius 3 is 2.92 bits per heavy atom. The van der Waals surface area contributed by atoms with Gasteiger partial charge in [0, 0.05) is 22.5 Å². The number of hydrogen-bond acceptors (Lipinski definition) is 2. The van der Waals surface area contributed by atoms with Crippen molar-refractivity contribution in [3.63, 3.8) is 0 Å². The molecule has 0 fully saturated rings. The summed E-state index contributed by atoms with van der Waals surface area (Å²) in [7, 11) is 0. The zero-order chi connectivity index (χ0) is 9.42. The first kappa shape index (κ1) is 7.67. The number of primary amides is 1. The van der Waals surface area contributed by atoms with E-state index in [0.717, 1.165) is 0 Å². The second-order valence-corrected chi connectivity index (χ2v) is 2.79. The summed E-state index contributed by atoms with van der Waals surface area (Å²) >= 11 is 0. The van der Waals surface area contributed by atoms with Crippen LogP contribution in [0.4, 0.5) is 0 Å². The Hall–Kier alpha value is -1.97. The number of H-pyrrole nitrogens is 1. The fourth-order valence-electron chi connectivity index (χ4n) is 1.36. The van der Waals surface area contributed by atoms with Gasteiger partial charge in [-0.1, -0.05) is 6.07 Å². The second-order valence-electron chi connectivity index (χ2n) is 2.79. The molecule has 0 spiro atoms. The van der Waals surface area contributed by atoms with E-state index in [1.165, 1.54) is 6.07 Å². The van der Waals surface area contributed by atoms with Gasteiger partial charge >= 0.3 is 0 Å². The first-order valence-corrected chi connectivity index (χ1v) is 3.79. The van der Waals surface area contributed by atoms with Crippen LogP contribution in [0.15, 0.2) is 24.3 Å². The van der Waals surface area contributed by atoms with Gasteiger partial charge in [-0.15, -0.1) is 0 Å². The zero-order valence-electron chi connectivity index (χ0n) is 6.74. The molecule has 2 rings (SSSR count). The van der Waals surface area contributed by atoms with Gasteiger partial charge in [0.25, 0.3) is 0 Å². The van der Waals surface area contributed by atoms with Crippen molar-refractivity contribution in [3.8, 4) is 5.88 Å². The highest BCUT2D eigenvalue weighted by molar-refractivity contribution is 6.06. The number of aromatic nitrogens is 1. The Balaban J connectivity index is 2.82. The Labute approximate surface area is 74.0 Å². The molecule has 4 N–H and O–H groups in total. The van der Waals surface area contributed by atoms with Gasteiger partial charge in [-0.05, 0) is 12.1 Å². The predicted molar refractivity (Wildman–Crippen MR) is 48.5 cm³/mol. The van der Waals surface area contributed by atoms with Gasteiger partial charge in [0.1, 0.15) is 0 Å². The number of aromatic hydroxyl groups is 1. The molecule has 0 unspecified atom stereocenters. The van der Waals surface area contributed by atoms with Crippen molar-refractivity contribution in [1.82, 2.24) is 4.98 Å². The standard InChI is InChI=1S/C9H8N2O2/c10-9(13)5-2-1-3-7-6(5)4-8(12)11-7/h1-4,11-12H,(H2,10,13). The molecule has 0 saturated carbocycles. The topological polar surface area (TPSA) is 79.1 Å². The lowest BCUT2D eigenvalue weighted by Gasteiger charge is -1.95. The smallest absolute Gasteiger partial charge is 0.249 e. The third-order valence-corrected chi connectivity index (χ3v) is 1.92. The predicted octanol–water partition coefficient (Wildman–Crippen LogP) is 0.972. The lowest BCUT2D eigenvalue weighted by molar-refractivity contribution is 0.100. The quantitative estimate of drug-likeness (QED) is 0.605. The molecule has 0 saturated heterocycles. The van der Waals surface area contributed by atoms with Crippen molar-refractivity contribution in [1.29, 1.82) is 0 Å². The lowest BCUT2D eigenvalue weighted by atomic mass is 10.1. The summed E-state index contributed by atoms with van der Waals surface area (Å²) in [5, 5.41) is 9.80. The highest BCUT2D eigenvalue weighted by Crippen LogP contribution is 2.22. The summed E-state index contributed by atoms with van der Waals surface area (Å²) in [6.45, 7) is 0. The van der Waals surface area contributed by atoms with Crippen LogP contribution in [0.5, 0.6) is 5.88 Å². The van der Waals surface area contributed by atoms with Gasteiger partial charge in [0.2, 0.25) is 5.91 Å². The molecule has 4 nitrogen and oxygen atoms in total. The van der Waals surface area contributed by atoms with Crippen molar-refractivity contribution in [2.45, 2.75) is 0 Å². The van der Waals surface area contributed by atoms with Crippen LogP contribution in [0.25, 0.3) is 10.9 Å². The van der Waals surface area contributed by atoms with E-state index in [1.54, 1.807) is 18.2 Å². The summed E-state index contributed by atoms with van der Waals surface area (Å²) in [5.74, 6) is -0.465. The van der Waals surface area contributed by atoms with E-state index in [2.05, 4.69) is 4.98 Å². The van der Waals surface area contributed by atoms with E-state index in [0.29, 0.717) is 16.5 Å². The molecule has 0 aliphatic rings. The molecule has 1 amide bonds. The first-order chi connectivity index (χ1) is 6.18. The number of carbonyl (C=O) groups excluding carboxylic acids is 1. The summed E-state index contributed by atoms with van der Waals surface area (Å²) < 4.78 is 0. The number of amides is 1. The van der Waals surface area contributed by atoms with Gasteiger partial charge in [-0.25, -0.2) is 0 Å². The number of nitrogens with one attached hydrogen (secondary N) is 1. The number of rotatable bonds is 1. The summed E-state index contributed by atoms with van der Waals surface area (Å²) in [6.07, 6.45) is 0. The zero-order valence-corrected chi connectivity index (χ0v) is 6.74. The number of fused-ring (bicyclic) bond motifs is 1. The Kier molecular flexibility index (Phi) is 1.48. The summed E-state index contributed by atoms with van der Waals surface area (Å²) in [4.78, 5) is 13.7. The van der Waals surface area contributed by atoms with Gasteiger partial charge in [-0.2, -0.15) is 0 Å². The average Bonchev–Trinajstić information content (AvgIpc) is 2.43. The Morgan fingerprint density at radius 1 is 1.46 bits per heavy atom. The highest BCUT2D eigenvalue weighted by Gasteiger charge is 2.07. The minimum Gasteiger partial charge on any atom is -0.495 e. The van der Waals surface area contributed by atoms with Gasteiger partial charge in [0.15, 0.2) is 5.88 Å². The number of carbonyl (C=O) groups is 1. The van der Waals surface area contributed by atoms with Crippen LogP contribution in [0.2, 0.25) is 0 Å². The van der Waals surface area contributed by atoms with Crippen molar-refractivity contribution in [3.05, 3.63) is 29.8 Å². The van der Waals surface area contributed by atoms with Crippen molar-refractivity contribution < 1.29 is 9.90 Å². The molecule has 1 aromatic carbocycles. The number of nitrogens with two attached hydrogens (primary N) is 1. The fourth-order valence-corrected chi connectivity index (χ4v) is 1.36. The van der Waals surface area contributed by atoms with E-state index in [9.17, 15) is 4.79 Å². The monoisotopic (exact) mass is 176 g/mol. The minimum absolute atomic E-state index is 0.0312. The molecular formula is C9H8N2O2. The molecule has 0 bridgehead atoms. The van der Waals surface area contributed by atoms with Crippen molar-refractivity contribution >= 4 is 16.8 Å². The third-order valence-electron chi connectivity index (χ3n) is 1.92. The summed E-state index contributed by atoms with van der Waals surface area (Å²) in [5.41, 5.74) is 6.27. The van der Waals surface area contributed by atoms with E-state index in [1.807, 2.05) is 0 Å². The van der Waals surface area contributed by atoms with Crippen LogP contribution in [0.1, 0.15) is 10.4 Å². The van der Waals surface area contributed by atoms with Crippen LogP contribution in [0, 0.1) is 0 Å². The maximum Gasteiger partial charge on any atom is 0.249 e. The molecule has 66 valence electrons. The maximum absolute atomic E-state index is 11.0. The van der Waals surface area contributed by atoms with Gasteiger partial charge < -0.3 is 15.8 Å². The SMILES string of the molecule is NC(=O)c1cccc2[nH]c(O)cc12.